The molecule has 27 heavy (non-hydrogen) atoms. The Hall–Kier alpha value is -2.87. The summed E-state index contributed by atoms with van der Waals surface area (Å²) in [7, 11) is 0. The summed E-state index contributed by atoms with van der Waals surface area (Å²) in [6.07, 6.45) is 1.56. The van der Waals surface area contributed by atoms with Gasteiger partial charge in [-0.3, -0.25) is 9.36 Å². The Bertz CT molecular complexity index is 956. The van der Waals surface area contributed by atoms with Crippen LogP contribution in [0.3, 0.4) is 0 Å². The molecule has 8 heteroatoms. The Balaban J connectivity index is 2.65. The molecular weight excluding hydrogens is 368 g/mol. The van der Waals surface area contributed by atoms with Crippen molar-refractivity contribution in [3.8, 4) is 0 Å². The van der Waals surface area contributed by atoms with Crippen molar-refractivity contribution in [2.75, 3.05) is 18.5 Å². The normalized spacial score (nSPS) is 11.1. The average molecular weight is 390 g/mol. The van der Waals surface area contributed by atoms with Crippen LogP contribution in [0.1, 0.15) is 20.8 Å². The summed E-state index contributed by atoms with van der Waals surface area (Å²) in [6, 6.07) is 9.34. The molecule has 0 saturated carbocycles. The van der Waals surface area contributed by atoms with Gasteiger partial charge in [0.25, 0.3) is 5.56 Å². The monoisotopic (exact) mass is 390 g/mol. The van der Waals surface area contributed by atoms with Crippen LogP contribution in [0.25, 0.3) is 11.8 Å². The van der Waals surface area contributed by atoms with Crippen molar-refractivity contribution in [3.63, 3.8) is 0 Å². The molecule has 2 aromatic rings. The summed E-state index contributed by atoms with van der Waals surface area (Å²) in [4.78, 5) is 37.4. The maximum Gasteiger partial charge on any atom is 0.348 e. The number of nitrogens with zero attached hydrogens (tertiary/aromatic N) is 1. The number of benzene rings is 1. The third-order valence-electron chi connectivity index (χ3n) is 3.54. The first-order valence-corrected chi connectivity index (χ1v) is 9.45. The van der Waals surface area contributed by atoms with Gasteiger partial charge in [0.15, 0.2) is 5.57 Å². The van der Waals surface area contributed by atoms with Gasteiger partial charge >= 0.3 is 11.9 Å². The number of rotatable bonds is 7. The minimum Gasteiger partial charge on any atom is -0.462 e. The lowest BCUT2D eigenvalue weighted by molar-refractivity contribution is -0.142. The fourth-order valence-corrected chi connectivity index (χ4v) is 3.45. The number of ether oxygens (including phenoxy) is 2. The molecule has 7 nitrogen and oxygen atoms in total. The third kappa shape index (κ3) is 4.85. The van der Waals surface area contributed by atoms with Crippen LogP contribution in [0, 0.1) is 0 Å². The van der Waals surface area contributed by atoms with Gasteiger partial charge in [-0.15, -0.1) is 11.3 Å². The lowest BCUT2D eigenvalue weighted by Crippen LogP contribution is -2.34. The molecule has 0 saturated heterocycles. The second kappa shape index (κ2) is 9.72. The Morgan fingerprint density at radius 2 is 1.67 bits per heavy atom. The van der Waals surface area contributed by atoms with Gasteiger partial charge in [-0.05, 0) is 32.9 Å². The zero-order valence-electron chi connectivity index (χ0n) is 15.5. The second-order valence-electron chi connectivity index (χ2n) is 5.29. The molecule has 0 spiro atoms. The molecule has 0 aliphatic rings. The van der Waals surface area contributed by atoms with E-state index in [0.29, 0.717) is 11.1 Å². The minimum absolute atomic E-state index is 0.109. The number of esters is 2. The maximum absolute atomic E-state index is 12.7. The van der Waals surface area contributed by atoms with E-state index >= 15 is 0 Å². The standard InChI is InChI=1S/C19H22N2O5S/c1-4-21-16(22)14(12-20-13-10-8-7-9-11-13)27-17(21)15(18(23)25-5-2)19(24)26-6-3/h7-12,20H,4-6H2,1-3H3/b14-12+. The Morgan fingerprint density at radius 3 is 2.19 bits per heavy atom. The molecule has 0 aliphatic heterocycles. The van der Waals surface area contributed by atoms with Gasteiger partial charge in [0.05, 0.1) is 13.2 Å². The van der Waals surface area contributed by atoms with E-state index in [1.807, 2.05) is 30.3 Å². The SMILES string of the molecule is CCOC(=O)C(C(=O)OCC)=c1s/c(=C/Nc2ccccc2)c(=O)n1CC. The second-order valence-corrected chi connectivity index (χ2v) is 6.32. The van der Waals surface area contributed by atoms with Crippen molar-refractivity contribution >= 4 is 40.7 Å². The van der Waals surface area contributed by atoms with Crippen LogP contribution in [-0.4, -0.2) is 29.7 Å². The van der Waals surface area contributed by atoms with E-state index in [0.717, 1.165) is 17.0 Å². The van der Waals surface area contributed by atoms with Crippen molar-refractivity contribution in [1.29, 1.82) is 0 Å². The summed E-state index contributed by atoms with van der Waals surface area (Å²) < 4.78 is 11.9. The molecule has 1 aromatic carbocycles. The fraction of sp³-hybridized carbons (Fsp3) is 0.316. The molecule has 0 radical (unpaired) electrons. The molecule has 2 rings (SSSR count). The Kier molecular flexibility index (Phi) is 7.36. The summed E-state index contributed by atoms with van der Waals surface area (Å²) in [6.45, 7) is 5.57. The topological polar surface area (TPSA) is 86.6 Å². The van der Waals surface area contributed by atoms with Gasteiger partial charge in [-0.25, -0.2) is 9.59 Å². The van der Waals surface area contributed by atoms with Crippen LogP contribution in [0.15, 0.2) is 35.1 Å². The molecule has 0 aliphatic carbocycles. The van der Waals surface area contributed by atoms with E-state index in [1.54, 1.807) is 27.0 Å². The third-order valence-corrected chi connectivity index (χ3v) is 4.67. The van der Waals surface area contributed by atoms with Gasteiger partial charge in [-0.1, -0.05) is 18.2 Å². The highest BCUT2D eigenvalue weighted by molar-refractivity contribution is 7.07. The first-order valence-electron chi connectivity index (χ1n) is 8.63. The molecule has 0 atom stereocenters. The lowest BCUT2D eigenvalue weighted by atomic mass is 10.3. The van der Waals surface area contributed by atoms with Crippen molar-refractivity contribution < 1.29 is 19.1 Å². The van der Waals surface area contributed by atoms with E-state index < -0.39 is 11.9 Å². The molecule has 1 heterocycles. The van der Waals surface area contributed by atoms with Gasteiger partial charge in [0.2, 0.25) is 0 Å². The van der Waals surface area contributed by atoms with E-state index in [1.165, 1.54) is 4.57 Å². The summed E-state index contributed by atoms with van der Waals surface area (Å²) in [5.41, 5.74) is 0.254. The van der Waals surface area contributed by atoms with Crippen LogP contribution in [0.2, 0.25) is 0 Å². The molecule has 0 fully saturated rings. The molecule has 0 amide bonds. The van der Waals surface area contributed by atoms with Crippen LogP contribution >= 0.6 is 11.3 Å². The molecular formula is C19H22N2O5S. The van der Waals surface area contributed by atoms with Gasteiger partial charge < -0.3 is 14.8 Å². The van der Waals surface area contributed by atoms with Crippen molar-refractivity contribution in [2.24, 2.45) is 0 Å². The largest absolute Gasteiger partial charge is 0.462 e. The number of nitrogens with one attached hydrogen (secondary N) is 1. The zero-order valence-corrected chi connectivity index (χ0v) is 16.3. The fourth-order valence-electron chi connectivity index (χ4n) is 2.34. The number of hydrogen-bond acceptors (Lipinski definition) is 7. The average Bonchev–Trinajstić information content (AvgIpc) is 2.96. The summed E-state index contributed by atoms with van der Waals surface area (Å²) in [5, 5.41) is 3.04. The number of hydrogen-bond donors (Lipinski definition) is 1. The van der Waals surface area contributed by atoms with Gasteiger partial charge in [0.1, 0.15) is 9.20 Å². The number of carbonyl (C=O) groups is 2. The molecule has 1 aromatic heterocycles. The van der Waals surface area contributed by atoms with Gasteiger partial charge in [-0.2, -0.15) is 0 Å². The highest BCUT2D eigenvalue weighted by atomic mass is 32.1. The quantitative estimate of drug-likeness (QED) is 0.562. The van der Waals surface area contributed by atoms with E-state index in [9.17, 15) is 14.4 Å². The van der Waals surface area contributed by atoms with Gasteiger partial charge in [0, 0.05) is 18.4 Å². The first kappa shape index (κ1) is 20.4. The number of aromatic nitrogens is 1. The lowest BCUT2D eigenvalue weighted by Gasteiger charge is -2.06. The zero-order chi connectivity index (χ0) is 19.8. The summed E-state index contributed by atoms with van der Waals surface area (Å²) in [5.74, 6) is -1.61. The van der Waals surface area contributed by atoms with Crippen LogP contribution < -0.4 is 20.1 Å². The number of thiazole rings is 1. The van der Waals surface area contributed by atoms with E-state index in [2.05, 4.69) is 5.32 Å². The summed E-state index contributed by atoms with van der Waals surface area (Å²) >= 11 is 1.04. The molecule has 0 unspecified atom stereocenters. The Morgan fingerprint density at radius 1 is 1.07 bits per heavy atom. The van der Waals surface area contributed by atoms with E-state index in [4.69, 9.17) is 9.47 Å². The van der Waals surface area contributed by atoms with Crippen LogP contribution in [0.5, 0.6) is 0 Å². The number of carbonyl (C=O) groups excluding carboxylic acids is 2. The van der Waals surface area contributed by atoms with Crippen molar-refractivity contribution in [3.05, 3.63) is 49.9 Å². The van der Waals surface area contributed by atoms with Crippen molar-refractivity contribution in [2.45, 2.75) is 27.3 Å². The molecule has 144 valence electrons. The predicted octanol–water partition coefficient (Wildman–Crippen LogP) is 1.06. The highest BCUT2D eigenvalue weighted by Gasteiger charge is 2.25. The number of para-hydroxylation sites is 1. The predicted molar refractivity (Wildman–Crippen MR) is 105 cm³/mol. The van der Waals surface area contributed by atoms with Crippen LogP contribution in [0.4, 0.5) is 5.69 Å². The van der Waals surface area contributed by atoms with Crippen LogP contribution in [-0.2, 0) is 25.6 Å². The molecule has 1 N–H and O–H groups in total. The maximum atomic E-state index is 12.7. The number of anilines is 1. The van der Waals surface area contributed by atoms with Crippen molar-refractivity contribution in [1.82, 2.24) is 4.57 Å². The highest BCUT2D eigenvalue weighted by Crippen LogP contribution is 2.05. The Labute approximate surface area is 160 Å². The first-order chi connectivity index (χ1) is 13.0. The smallest absolute Gasteiger partial charge is 0.348 e. The minimum atomic E-state index is -0.804. The molecule has 0 bridgehead atoms. The van der Waals surface area contributed by atoms with E-state index in [-0.39, 0.29) is 29.0 Å².